The number of benzene rings is 2. The lowest BCUT2D eigenvalue weighted by Gasteiger charge is -2.26. The fourth-order valence-electron chi connectivity index (χ4n) is 2.45. The maximum absolute atomic E-state index is 12.9. The number of hydrogen-bond acceptors (Lipinski definition) is 4. The zero-order valence-corrected chi connectivity index (χ0v) is 15.9. The summed E-state index contributed by atoms with van der Waals surface area (Å²) < 4.78 is 5.57. The summed E-state index contributed by atoms with van der Waals surface area (Å²) in [5, 5.41) is 0. The highest BCUT2D eigenvalue weighted by Crippen LogP contribution is 2.28. The Morgan fingerprint density at radius 2 is 1.96 bits per heavy atom. The van der Waals surface area contributed by atoms with Gasteiger partial charge in [0.1, 0.15) is 0 Å². The minimum atomic E-state index is -0.408. The molecule has 0 spiro atoms. The predicted molar refractivity (Wildman–Crippen MR) is 102 cm³/mol. The largest absolute Gasteiger partial charge is 0.465 e. The van der Waals surface area contributed by atoms with E-state index in [2.05, 4.69) is 27.6 Å². The molecule has 5 nitrogen and oxygen atoms in total. The second-order valence-corrected chi connectivity index (χ2v) is 6.44. The average molecular weight is 403 g/mol. The molecule has 0 unspecified atom stereocenters. The summed E-state index contributed by atoms with van der Waals surface area (Å²) in [6, 6.07) is 12.1. The summed E-state index contributed by atoms with van der Waals surface area (Å²) >= 11 is 3.36. The molecule has 2 rings (SSSR count). The Labute approximate surface area is 155 Å². The Hall–Kier alpha value is -2.47. The van der Waals surface area contributed by atoms with Crippen LogP contribution in [0.2, 0.25) is 0 Å². The Balaban J connectivity index is 2.31. The van der Waals surface area contributed by atoms with E-state index in [0.29, 0.717) is 16.8 Å². The van der Waals surface area contributed by atoms with Crippen molar-refractivity contribution in [1.82, 2.24) is 4.90 Å². The first-order chi connectivity index (χ1) is 11.9. The number of hydrogen-bond donors (Lipinski definition) is 0. The molecule has 0 N–H and O–H groups in total. The SMILES string of the molecule is C=Nc1cc(Br)ccc1C(=O)N(C)[C@H](C)c1cccc(C(=O)OC)c1. The van der Waals surface area contributed by atoms with Crippen molar-refractivity contribution in [3.05, 3.63) is 63.6 Å². The van der Waals surface area contributed by atoms with Crippen LogP contribution in [0, 0.1) is 0 Å². The minimum Gasteiger partial charge on any atom is -0.465 e. The quantitative estimate of drug-likeness (QED) is 0.549. The summed E-state index contributed by atoms with van der Waals surface area (Å²) in [4.78, 5) is 30.1. The summed E-state index contributed by atoms with van der Waals surface area (Å²) in [6.45, 7) is 5.42. The van der Waals surface area contributed by atoms with E-state index in [1.807, 2.05) is 13.0 Å². The predicted octanol–water partition coefficient (Wildman–Crippen LogP) is 4.40. The second-order valence-electron chi connectivity index (χ2n) is 5.53. The third-order valence-electron chi connectivity index (χ3n) is 4.05. The number of carbonyl (C=O) groups excluding carboxylic acids is 2. The molecule has 25 heavy (non-hydrogen) atoms. The van der Waals surface area contributed by atoms with Crippen molar-refractivity contribution in [3.63, 3.8) is 0 Å². The van der Waals surface area contributed by atoms with E-state index in [-0.39, 0.29) is 11.9 Å². The lowest BCUT2D eigenvalue weighted by molar-refractivity contribution is 0.0600. The Morgan fingerprint density at radius 3 is 2.60 bits per heavy atom. The van der Waals surface area contributed by atoms with Crippen LogP contribution in [0.1, 0.15) is 39.2 Å². The van der Waals surface area contributed by atoms with Gasteiger partial charge in [0, 0.05) is 11.5 Å². The van der Waals surface area contributed by atoms with E-state index in [9.17, 15) is 9.59 Å². The first-order valence-electron chi connectivity index (χ1n) is 7.60. The van der Waals surface area contributed by atoms with E-state index < -0.39 is 5.97 Å². The van der Waals surface area contributed by atoms with Gasteiger partial charge in [-0.1, -0.05) is 28.1 Å². The first-order valence-corrected chi connectivity index (χ1v) is 8.40. The number of ether oxygens (including phenoxy) is 1. The van der Waals surface area contributed by atoms with Crippen LogP contribution in [-0.4, -0.2) is 37.7 Å². The molecule has 2 aromatic carbocycles. The molecule has 0 bridgehead atoms. The number of methoxy groups -OCH3 is 1. The lowest BCUT2D eigenvalue weighted by Crippen LogP contribution is -2.29. The zero-order valence-electron chi connectivity index (χ0n) is 14.3. The van der Waals surface area contributed by atoms with Crippen molar-refractivity contribution in [1.29, 1.82) is 0 Å². The molecule has 2 aromatic rings. The molecule has 1 amide bonds. The molecule has 0 heterocycles. The van der Waals surface area contributed by atoms with Gasteiger partial charge in [0.05, 0.1) is 30.0 Å². The highest BCUT2D eigenvalue weighted by molar-refractivity contribution is 9.10. The molecule has 0 saturated carbocycles. The average Bonchev–Trinajstić information content (AvgIpc) is 2.65. The van der Waals surface area contributed by atoms with Gasteiger partial charge in [-0.05, 0) is 49.5 Å². The van der Waals surface area contributed by atoms with Crippen LogP contribution in [0.5, 0.6) is 0 Å². The van der Waals surface area contributed by atoms with Gasteiger partial charge in [-0.15, -0.1) is 0 Å². The molecule has 6 heteroatoms. The van der Waals surface area contributed by atoms with E-state index in [4.69, 9.17) is 4.74 Å². The van der Waals surface area contributed by atoms with Gasteiger partial charge < -0.3 is 9.64 Å². The van der Waals surface area contributed by atoms with Crippen molar-refractivity contribution in [3.8, 4) is 0 Å². The Bertz CT molecular complexity index is 820. The Kier molecular flexibility index (Phi) is 6.09. The molecule has 0 aliphatic carbocycles. The van der Waals surface area contributed by atoms with Crippen LogP contribution < -0.4 is 0 Å². The van der Waals surface area contributed by atoms with Crippen LogP contribution in [0.4, 0.5) is 5.69 Å². The number of aliphatic imine (C=N–C) groups is 1. The standard InChI is InChI=1S/C19H19BrN2O3/c1-12(13-6-5-7-14(10-13)19(24)25-4)22(3)18(23)16-9-8-15(20)11-17(16)21-2/h5-12H,2H2,1,3-4H3/t12-/m1/s1. The van der Waals surface area contributed by atoms with E-state index in [0.717, 1.165) is 10.0 Å². The fraction of sp³-hybridized carbons (Fsp3) is 0.211. The molecule has 0 aromatic heterocycles. The van der Waals surface area contributed by atoms with E-state index in [1.165, 1.54) is 7.11 Å². The van der Waals surface area contributed by atoms with Gasteiger partial charge in [0.15, 0.2) is 0 Å². The number of rotatable bonds is 5. The summed E-state index contributed by atoms with van der Waals surface area (Å²) in [6.07, 6.45) is 0. The summed E-state index contributed by atoms with van der Waals surface area (Å²) in [7, 11) is 3.05. The smallest absolute Gasteiger partial charge is 0.337 e. The van der Waals surface area contributed by atoms with E-state index >= 15 is 0 Å². The highest BCUT2D eigenvalue weighted by atomic mass is 79.9. The van der Waals surface area contributed by atoms with Crippen molar-refractivity contribution >= 4 is 40.2 Å². The lowest BCUT2D eigenvalue weighted by atomic mass is 10.0. The summed E-state index contributed by atoms with van der Waals surface area (Å²) in [5.41, 5.74) is 2.27. The van der Waals surface area contributed by atoms with Gasteiger partial charge in [0.2, 0.25) is 0 Å². The monoisotopic (exact) mass is 402 g/mol. The number of nitrogens with zero attached hydrogens (tertiary/aromatic N) is 2. The minimum absolute atomic E-state index is 0.175. The van der Waals surface area contributed by atoms with Gasteiger partial charge >= 0.3 is 5.97 Å². The third-order valence-corrected chi connectivity index (χ3v) is 4.55. The molecule has 0 saturated heterocycles. The van der Waals surface area contributed by atoms with Crippen molar-refractivity contribution < 1.29 is 14.3 Å². The molecule has 1 atom stereocenters. The van der Waals surface area contributed by atoms with Gasteiger partial charge in [-0.25, -0.2) is 4.79 Å². The second kappa shape index (κ2) is 8.07. The molecular formula is C19H19BrN2O3. The van der Waals surface area contributed by atoms with Crippen molar-refractivity contribution in [2.24, 2.45) is 4.99 Å². The fourth-order valence-corrected chi connectivity index (χ4v) is 2.80. The number of amides is 1. The van der Waals surface area contributed by atoms with Crippen LogP contribution in [-0.2, 0) is 4.74 Å². The van der Waals surface area contributed by atoms with Crippen molar-refractivity contribution in [2.45, 2.75) is 13.0 Å². The van der Waals surface area contributed by atoms with Crippen LogP contribution in [0.3, 0.4) is 0 Å². The van der Waals surface area contributed by atoms with Crippen LogP contribution >= 0.6 is 15.9 Å². The zero-order chi connectivity index (χ0) is 18.6. The van der Waals surface area contributed by atoms with Gasteiger partial charge in [-0.3, -0.25) is 9.79 Å². The number of esters is 1. The molecule has 130 valence electrons. The Morgan fingerprint density at radius 1 is 1.24 bits per heavy atom. The molecule has 0 fully saturated rings. The van der Waals surface area contributed by atoms with Crippen molar-refractivity contribution in [2.75, 3.05) is 14.2 Å². The van der Waals surface area contributed by atoms with Crippen LogP contribution in [0.25, 0.3) is 0 Å². The molecule has 0 aliphatic heterocycles. The first kappa shape index (κ1) is 18.9. The molecule has 0 radical (unpaired) electrons. The number of carbonyl (C=O) groups is 2. The highest BCUT2D eigenvalue weighted by Gasteiger charge is 2.22. The maximum Gasteiger partial charge on any atom is 0.337 e. The maximum atomic E-state index is 12.9. The normalized spacial score (nSPS) is 11.5. The molecule has 0 aliphatic rings. The van der Waals surface area contributed by atoms with Crippen LogP contribution in [0.15, 0.2) is 51.9 Å². The topological polar surface area (TPSA) is 59.0 Å². The molecular weight excluding hydrogens is 384 g/mol. The van der Waals surface area contributed by atoms with E-state index in [1.54, 1.807) is 48.3 Å². The number of halogens is 1. The summed E-state index contributed by atoms with van der Waals surface area (Å²) in [5.74, 6) is -0.583. The third kappa shape index (κ3) is 4.14. The van der Waals surface area contributed by atoms with Gasteiger partial charge in [-0.2, -0.15) is 0 Å². The van der Waals surface area contributed by atoms with Gasteiger partial charge in [0.25, 0.3) is 5.91 Å².